The number of carbonyl (C=O) groups excluding carboxylic acids is 1. The molecular formula is C13H12N2O2. The van der Waals surface area contributed by atoms with Crippen LogP contribution in [0.1, 0.15) is 22.1 Å². The van der Waals surface area contributed by atoms with Crippen LogP contribution in [-0.2, 0) is 6.42 Å². The summed E-state index contributed by atoms with van der Waals surface area (Å²) in [5.41, 5.74) is 1.36. The Kier molecular flexibility index (Phi) is 2.21. The lowest BCUT2D eigenvalue weighted by Crippen LogP contribution is -2.37. The summed E-state index contributed by atoms with van der Waals surface area (Å²) in [5, 5.41) is 0. The van der Waals surface area contributed by atoms with Crippen molar-refractivity contribution >= 4 is 11.6 Å². The molecule has 17 heavy (non-hydrogen) atoms. The van der Waals surface area contributed by atoms with Crippen LogP contribution in [-0.4, -0.2) is 17.4 Å². The zero-order chi connectivity index (χ0) is 11.8. The Balaban J connectivity index is 2.00. The first-order valence-corrected chi connectivity index (χ1v) is 5.59. The second-order valence-electron chi connectivity index (χ2n) is 4.05. The van der Waals surface area contributed by atoms with Gasteiger partial charge in [-0.2, -0.15) is 0 Å². The summed E-state index contributed by atoms with van der Waals surface area (Å²) in [7, 11) is 0. The average molecular weight is 228 g/mol. The number of hydrogen-bond donors (Lipinski definition) is 0. The summed E-state index contributed by atoms with van der Waals surface area (Å²) >= 11 is 0. The van der Waals surface area contributed by atoms with Gasteiger partial charge in [-0.3, -0.25) is 4.79 Å². The first kappa shape index (κ1) is 10.1. The highest BCUT2D eigenvalue weighted by atomic mass is 16.4. The Morgan fingerprint density at radius 3 is 2.82 bits per heavy atom. The monoisotopic (exact) mass is 228 g/mol. The van der Waals surface area contributed by atoms with Gasteiger partial charge in [0.25, 0.3) is 5.91 Å². The van der Waals surface area contributed by atoms with Crippen molar-refractivity contribution in [3.05, 3.63) is 47.7 Å². The molecule has 0 N–H and O–H groups in total. The number of para-hydroxylation sites is 1. The molecule has 86 valence electrons. The summed E-state index contributed by atoms with van der Waals surface area (Å²) in [4.78, 5) is 18.1. The summed E-state index contributed by atoms with van der Waals surface area (Å²) < 4.78 is 5.40. The van der Waals surface area contributed by atoms with Crippen molar-refractivity contribution in [1.82, 2.24) is 4.98 Å². The highest BCUT2D eigenvalue weighted by Crippen LogP contribution is 2.24. The largest absolute Gasteiger partial charge is 0.445 e. The Morgan fingerprint density at radius 2 is 2.06 bits per heavy atom. The van der Waals surface area contributed by atoms with E-state index in [0.717, 1.165) is 12.1 Å². The summed E-state index contributed by atoms with van der Waals surface area (Å²) in [6, 6.07) is 9.63. The number of anilines is 1. The molecule has 0 fully saturated rings. The molecule has 1 aliphatic heterocycles. The number of oxazole rings is 1. The Hall–Kier alpha value is -2.10. The lowest BCUT2D eigenvalue weighted by atomic mass is 10.1. The van der Waals surface area contributed by atoms with Gasteiger partial charge >= 0.3 is 0 Å². The highest BCUT2D eigenvalue weighted by Gasteiger charge is 2.29. The first-order valence-electron chi connectivity index (χ1n) is 5.59. The molecule has 2 heterocycles. The fourth-order valence-electron chi connectivity index (χ4n) is 2.10. The third-order valence-electron chi connectivity index (χ3n) is 2.88. The van der Waals surface area contributed by atoms with Gasteiger partial charge in [0.1, 0.15) is 5.76 Å². The van der Waals surface area contributed by atoms with E-state index in [4.69, 9.17) is 4.42 Å². The van der Waals surface area contributed by atoms with Gasteiger partial charge in [0.2, 0.25) is 0 Å². The molecule has 0 radical (unpaired) electrons. The molecule has 0 bridgehead atoms. The van der Waals surface area contributed by atoms with Crippen LogP contribution in [0.15, 0.2) is 34.7 Å². The van der Waals surface area contributed by atoms with Crippen LogP contribution >= 0.6 is 0 Å². The molecule has 4 nitrogen and oxygen atoms in total. The number of aromatic nitrogens is 1. The molecule has 0 unspecified atom stereocenters. The molecule has 1 amide bonds. The van der Waals surface area contributed by atoms with Gasteiger partial charge < -0.3 is 9.32 Å². The van der Waals surface area contributed by atoms with Crippen LogP contribution in [0.5, 0.6) is 0 Å². The van der Waals surface area contributed by atoms with Gasteiger partial charge in [-0.1, -0.05) is 18.2 Å². The minimum absolute atomic E-state index is 0.0747. The van der Waals surface area contributed by atoms with E-state index in [1.807, 2.05) is 30.3 Å². The maximum Gasteiger partial charge on any atom is 0.280 e. The van der Waals surface area contributed by atoms with E-state index < -0.39 is 0 Å². The molecule has 0 saturated carbocycles. The highest BCUT2D eigenvalue weighted by molar-refractivity contribution is 6.06. The SMILES string of the molecule is Cc1nc2c(o1)CCN(c1ccccc1)C2=O. The number of hydrogen-bond acceptors (Lipinski definition) is 3. The van der Waals surface area contributed by atoms with Gasteiger partial charge in [0.15, 0.2) is 11.6 Å². The predicted molar refractivity (Wildman–Crippen MR) is 63.1 cm³/mol. The molecule has 0 saturated heterocycles. The molecule has 1 aromatic carbocycles. The normalized spacial score (nSPS) is 14.9. The second kappa shape index (κ2) is 3.73. The topological polar surface area (TPSA) is 46.3 Å². The van der Waals surface area contributed by atoms with Gasteiger partial charge in [0, 0.05) is 25.6 Å². The minimum Gasteiger partial charge on any atom is -0.445 e. The van der Waals surface area contributed by atoms with Crippen molar-refractivity contribution in [2.75, 3.05) is 11.4 Å². The van der Waals surface area contributed by atoms with Gasteiger partial charge in [-0.25, -0.2) is 4.98 Å². The van der Waals surface area contributed by atoms with Crippen LogP contribution in [0.25, 0.3) is 0 Å². The van der Waals surface area contributed by atoms with E-state index >= 15 is 0 Å². The number of nitrogens with zero attached hydrogens (tertiary/aromatic N) is 2. The second-order valence-corrected chi connectivity index (χ2v) is 4.05. The number of carbonyl (C=O) groups is 1. The number of benzene rings is 1. The standard InChI is InChI=1S/C13H12N2O2/c1-9-14-12-11(17-9)7-8-15(13(12)16)10-5-3-2-4-6-10/h2-6H,7-8H2,1H3. The molecule has 0 spiro atoms. The van der Waals surface area contributed by atoms with Crippen molar-refractivity contribution < 1.29 is 9.21 Å². The Morgan fingerprint density at radius 1 is 1.29 bits per heavy atom. The molecule has 2 aromatic rings. The van der Waals surface area contributed by atoms with Crippen molar-refractivity contribution in [1.29, 1.82) is 0 Å². The summed E-state index contributed by atoms with van der Waals surface area (Å²) in [5.74, 6) is 1.19. The smallest absolute Gasteiger partial charge is 0.280 e. The van der Waals surface area contributed by atoms with E-state index in [9.17, 15) is 4.79 Å². The predicted octanol–water partition coefficient (Wildman–Crippen LogP) is 2.19. The van der Waals surface area contributed by atoms with Crippen LogP contribution in [0.3, 0.4) is 0 Å². The van der Waals surface area contributed by atoms with Gasteiger partial charge in [-0.05, 0) is 12.1 Å². The number of rotatable bonds is 1. The van der Waals surface area contributed by atoms with Gasteiger partial charge in [-0.15, -0.1) is 0 Å². The average Bonchev–Trinajstić information content (AvgIpc) is 2.72. The lowest BCUT2D eigenvalue weighted by molar-refractivity contribution is 0.0974. The molecule has 0 aliphatic carbocycles. The quantitative estimate of drug-likeness (QED) is 0.751. The number of fused-ring (bicyclic) bond motifs is 1. The van der Waals surface area contributed by atoms with Crippen molar-refractivity contribution in [2.24, 2.45) is 0 Å². The molecule has 4 heteroatoms. The number of amides is 1. The van der Waals surface area contributed by atoms with E-state index in [2.05, 4.69) is 4.98 Å². The third kappa shape index (κ3) is 1.62. The molecular weight excluding hydrogens is 216 g/mol. The molecule has 1 aliphatic rings. The van der Waals surface area contributed by atoms with E-state index in [1.54, 1.807) is 11.8 Å². The van der Waals surface area contributed by atoms with Crippen molar-refractivity contribution in [2.45, 2.75) is 13.3 Å². The van der Waals surface area contributed by atoms with E-state index in [1.165, 1.54) is 0 Å². The fourth-order valence-corrected chi connectivity index (χ4v) is 2.10. The minimum atomic E-state index is -0.0747. The Bertz CT molecular complexity index is 560. The van der Waals surface area contributed by atoms with Crippen LogP contribution in [0.2, 0.25) is 0 Å². The summed E-state index contributed by atoms with van der Waals surface area (Å²) in [6.45, 7) is 2.41. The van der Waals surface area contributed by atoms with Crippen LogP contribution in [0, 0.1) is 6.92 Å². The van der Waals surface area contributed by atoms with Gasteiger partial charge in [0.05, 0.1) is 0 Å². The maximum atomic E-state index is 12.2. The third-order valence-corrected chi connectivity index (χ3v) is 2.88. The van der Waals surface area contributed by atoms with E-state index in [-0.39, 0.29) is 5.91 Å². The van der Waals surface area contributed by atoms with E-state index in [0.29, 0.717) is 23.9 Å². The first-order chi connectivity index (χ1) is 8.25. The van der Waals surface area contributed by atoms with Crippen LogP contribution in [0.4, 0.5) is 5.69 Å². The maximum absolute atomic E-state index is 12.2. The zero-order valence-electron chi connectivity index (χ0n) is 9.51. The lowest BCUT2D eigenvalue weighted by Gasteiger charge is -2.25. The molecule has 0 atom stereocenters. The zero-order valence-corrected chi connectivity index (χ0v) is 9.51. The van der Waals surface area contributed by atoms with Crippen LogP contribution < -0.4 is 4.90 Å². The molecule has 1 aromatic heterocycles. The van der Waals surface area contributed by atoms with Crippen molar-refractivity contribution in [3.63, 3.8) is 0 Å². The fraction of sp³-hybridized carbons (Fsp3) is 0.231. The molecule has 3 rings (SSSR count). The Labute approximate surface area is 98.9 Å². The van der Waals surface area contributed by atoms with Crippen molar-refractivity contribution in [3.8, 4) is 0 Å². The number of aryl methyl sites for hydroxylation is 1. The summed E-state index contributed by atoms with van der Waals surface area (Å²) in [6.07, 6.45) is 0.719.